The summed E-state index contributed by atoms with van der Waals surface area (Å²) in [5.74, 6) is 0. The van der Waals surface area contributed by atoms with Gasteiger partial charge in [-0.15, -0.1) is 0 Å². The molecule has 18 heavy (non-hydrogen) atoms. The smallest absolute Gasteiger partial charge is 0.260 e. The van der Waals surface area contributed by atoms with Gasteiger partial charge in [0.1, 0.15) is 0 Å². The largest absolute Gasteiger partial charge is 0.377 e. The summed E-state index contributed by atoms with van der Waals surface area (Å²) in [6, 6.07) is 0. The van der Waals surface area contributed by atoms with Crippen LogP contribution in [0.1, 0.15) is 26.2 Å². The number of H-pyrrole nitrogens is 1. The molecule has 1 aliphatic heterocycles. The second kappa shape index (κ2) is 5.81. The maximum absolute atomic E-state index is 12.3. The Labute approximate surface area is 107 Å². The third-order valence-electron chi connectivity index (χ3n) is 2.99. The molecule has 0 aliphatic carbocycles. The van der Waals surface area contributed by atoms with Crippen LogP contribution in [0.25, 0.3) is 0 Å². The molecule has 0 radical (unpaired) electrons. The SMILES string of the molecule is CCCOC1CCCN(S(=O)(=O)c2cnc[nH]2)C1. The Kier molecular flexibility index (Phi) is 4.36. The van der Waals surface area contributed by atoms with Crippen LogP contribution < -0.4 is 0 Å². The number of nitrogens with one attached hydrogen (secondary N) is 1. The summed E-state index contributed by atoms with van der Waals surface area (Å²) >= 11 is 0. The topological polar surface area (TPSA) is 75.3 Å². The minimum absolute atomic E-state index is 0.0106. The van der Waals surface area contributed by atoms with Crippen LogP contribution in [0.2, 0.25) is 0 Å². The number of aromatic nitrogens is 2. The number of sulfonamides is 1. The Bertz CT molecular complexity index is 458. The lowest BCUT2D eigenvalue weighted by Crippen LogP contribution is -2.43. The second-order valence-electron chi connectivity index (χ2n) is 4.41. The maximum atomic E-state index is 12.3. The van der Waals surface area contributed by atoms with E-state index < -0.39 is 10.0 Å². The lowest BCUT2D eigenvalue weighted by molar-refractivity contribution is 0.0193. The number of rotatable bonds is 5. The Morgan fingerprint density at radius 2 is 2.44 bits per heavy atom. The Morgan fingerprint density at radius 1 is 1.61 bits per heavy atom. The van der Waals surface area contributed by atoms with E-state index >= 15 is 0 Å². The Morgan fingerprint density at radius 3 is 3.11 bits per heavy atom. The summed E-state index contributed by atoms with van der Waals surface area (Å²) in [7, 11) is -3.44. The van der Waals surface area contributed by atoms with Gasteiger partial charge in [-0.1, -0.05) is 6.92 Å². The minimum Gasteiger partial charge on any atom is -0.377 e. The predicted molar refractivity (Wildman–Crippen MR) is 66.6 cm³/mol. The van der Waals surface area contributed by atoms with Crippen molar-refractivity contribution in [3.05, 3.63) is 12.5 Å². The third-order valence-corrected chi connectivity index (χ3v) is 4.78. The first-order chi connectivity index (χ1) is 8.64. The lowest BCUT2D eigenvalue weighted by atomic mass is 10.1. The molecule has 1 saturated heterocycles. The zero-order valence-corrected chi connectivity index (χ0v) is 11.3. The number of hydrogen-bond donors (Lipinski definition) is 1. The molecule has 6 nitrogen and oxygen atoms in total. The monoisotopic (exact) mass is 273 g/mol. The van der Waals surface area contributed by atoms with Crippen LogP contribution in [0.3, 0.4) is 0 Å². The molecule has 1 unspecified atom stereocenters. The molecule has 1 aliphatic rings. The molecule has 1 aromatic rings. The van der Waals surface area contributed by atoms with Crippen LogP contribution >= 0.6 is 0 Å². The highest BCUT2D eigenvalue weighted by Gasteiger charge is 2.31. The molecule has 2 heterocycles. The fourth-order valence-electron chi connectivity index (χ4n) is 2.07. The third kappa shape index (κ3) is 2.90. The van der Waals surface area contributed by atoms with Crippen LogP contribution in [0.4, 0.5) is 0 Å². The van der Waals surface area contributed by atoms with Crippen molar-refractivity contribution in [2.45, 2.75) is 37.3 Å². The van der Waals surface area contributed by atoms with E-state index in [1.54, 1.807) is 0 Å². The average Bonchev–Trinajstić information content (AvgIpc) is 2.91. The fraction of sp³-hybridized carbons (Fsp3) is 0.727. The molecule has 0 saturated carbocycles. The number of imidazole rings is 1. The van der Waals surface area contributed by atoms with Gasteiger partial charge in [-0.25, -0.2) is 13.4 Å². The molecule has 102 valence electrons. The van der Waals surface area contributed by atoms with Gasteiger partial charge in [0.25, 0.3) is 10.0 Å². The standard InChI is InChI=1S/C11H19N3O3S/c1-2-6-17-10-4-3-5-14(8-10)18(15,16)11-7-12-9-13-11/h7,9-10H,2-6,8H2,1H3,(H,12,13). The zero-order valence-electron chi connectivity index (χ0n) is 10.5. The van der Waals surface area contributed by atoms with E-state index in [0.29, 0.717) is 19.7 Å². The number of hydrogen-bond acceptors (Lipinski definition) is 4. The van der Waals surface area contributed by atoms with Gasteiger partial charge in [0.2, 0.25) is 0 Å². The first-order valence-corrected chi connectivity index (χ1v) is 7.68. The van der Waals surface area contributed by atoms with Crippen LogP contribution in [0.15, 0.2) is 17.6 Å². The van der Waals surface area contributed by atoms with Gasteiger partial charge in [-0.3, -0.25) is 0 Å². The first kappa shape index (κ1) is 13.5. The van der Waals surface area contributed by atoms with E-state index in [4.69, 9.17) is 4.74 Å². The number of piperidine rings is 1. The van der Waals surface area contributed by atoms with E-state index in [-0.39, 0.29) is 11.1 Å². The highest BCUT2D eigenvalue weighted by molar-refractivity contribution is 7.89. The highest BCUT2D eigenvalue weighted by atomic mass is 32.2. The molecule has 0 amide bonds. The van der Waals surface area contributed by atoms with Crippen molar-refractivity contribution in [3.63, 3.8) is 0 Å². The van der Waals surface area contributed by atoms with Crippen molar-refractivity contribution in [1.82, 2.24) is 14.3 Å². The van der Waals surface area contributed by atoms with Crippen LogP contribution in [0.5, 0.6) is 0 Å². The summed E-state index contributed by atoms with van der Waals surface area (Å²) in [5.41, 5.74) is 0. The van der Waals surface area contributed by atoms with Gasteiger partial charge >= 0.3 is 0 Å². The summed E-state index contributed by atoms with van der Waals surface area (Å²) in [6.07, 6.45) is 5.44. The predicted octanol–water partition coefficient (Wildman–Crippen LogP) is 0.989. The quantitative estimate of drug-likeness (QED) is 0.868. The van der Waals surface area contributed by atoms with Gasteiger partial charge in [-0.2, -0.15) is 4.31 Å². The summed E-state index contributed by atoms with van der Waals surface area (Å²) in [6.45, 7) is 3.71. The lowest BCUT2D eigenvalue weighted by Gasteiger charge is -2.31. The van der Waals surface area contributed by atoms with E-state index in [1.165, 1.54) is 16.8 Å². The molecule has 1 N–H and O–H groups in total. The molecule has 0 bridgehead atoms. The van der Waals surface area contributed by atoms with Crippen LogP contribution in [-0.4, -0.2) is 48.5 Å². The van der Waals surface area contributed by atoms with Crippen LogP contribution in [-0.2, 0) is 14.8 Å². The number of nitrogens with zero attached hydrogens (tertiary/aromatic N) is 2. The van der Waals surface area contributed by atoms with Gasteiger partial charge in [0, 0.05) is 19.7 Å². The molecule has 1 atom stereocenters. The molecule has 2 rings (SSSR count). The van der Waals surface area contributed by atoms with Crippen molar-refractivity contribution in [3.8, 4) is 0 Å². The maximum Gasteiger partial charge on any atom is 0.260 e. The molecule has 0 spiro atoms. The summed E-state index contributed by atoms with van der Waals surface area (Å²) in [5, 5.41) is 0.152. The van der Waals surface area contributed by atoms with Gasteiger partial charge < -0.3 is 9.72 Å². The fourth-order valence-corrected chi connectivity index (χ4v) is 3.47. The molecular formula is C11H19N3O3S. The Balaban J connectivity index is 2.04. The molecule has 0 aromatic carbocycles. The van der Waals surface area contributed by atoms with Crippen molar-refractivity contribution < 1.29 is 13.2 Å². The van der Waals surface area contributed by atoms with E-state index in [1.807, 2.05) is 6.92 Å². The first-order valence-electron chi connectivity index (χ1n) is 6.24. The van der Waals surface area contributed by atoms with Crippen molar-refractivity contribution in [1.29, 1.82) is 0 Å². The van der Waals surface area contributed by atoms with Crippen molar-refractivity contribution >= 4 is 10.0 Å². The van der Waals surface area contributed by atoms with Gasteiger partial charge in [-0.05, 0) is 19.3 Å². The van der Waals surface area contributed by atoms with Crippen molar-refractivity contribution in [2.24, 2.45) is 0 Å². The number of ether oxygens (including phenoxy) is 1. The molecule has 1 aromatic heterocycles. The van der Waals surface area contributed by atoms with Crippen LogP contribution in [0, 0.1) is 0 Å². The van der Waals surface area contributed by atoms with Gasteiger partial charge in [0.15, 0.2) is 5.03 Å². The highest BCUT2D eigenvalue weighted by Crippen LogP contribution is 2.20. The van der Waals surface area contributed by atoms with Crippen molar-refractivity contribution in [2.75, 3.05) is 19.7 Å². The summed E-state index contributed by atoms with van der Waals surface area (Å²) in [4.78, 5) is 6.41. The van der Waals surface area contributed by atoms with E-state index in [2.05, 4.69) is 9.97 Å². The Hall–Kier alpha value is -0.920. The van der Waals surface area contributed by atoms with Gasteiger partial charge in [0.05, 0.1) is 18.6 Å². The minimum atomic E-state index is -3.44. The normalized spacial score (nSPS) is 22.2. The number of aromatic amines is 1. The molecule has 1 fully saturated rings. The average molecular weight is 273 g/mol. The van der Waals surface area contributed by atoms with E-state index in [0.717, 1.165) is 19.3 Å². The second-order valence-corrected chi connectivity index (χ2v) is 6.32. The summed E-state index contributed by atoms with van der Waals surface area (Å²) < 4.78 is 31.7. The zero-order chi connectivity index (χ0) is 13.0. The molecule has 7 heteroatoms. The van der Waals surface area contributed by atoms with E-state index in [9.17, 15) is 8.42 Å². The molecular weight excluding hydrogens is 254 g/mol.